The summed E-state index contributed by atoms with van der Waals surface area (Å²) in [4.78, 5) is 25.3. The molecule has 0 aliphatic heterocycles. The molecule has 0 saturated carbocycles. The molecule has 0 aromatic carbocycles. The molecule has 0 fully saturated rings. The molecule has 0 amide bonds. The molecule has 2 heterocycles. The molecule has 0 aliphatic rings. The molecule has 0 radical (unpaired) electrons. The summed E-state index contributed by atoms with van der Waals surface area (Å²) in [5, 5.41) is -2.72. The molecule has 1 N–H and O–H groups in total. The van der Waals surface area contributed by atoms with Crippen LogP contribution >= 0.6 is 50.5 Å². The van der Waals surface area contributed by atoms with Crippen LogP contribution in [0, 0.1) is 0 Å². The van der Waals surface area contributed by atoms with Gasteiger partial charge in [0.05, 0.1) is 17.7 Å². The zero-order valence-corrected chi connectivity index (χ0v) is 19.8. The number of H-pyrrole nitrogens is 1. The van der Waals surface area contributed by atoms with E-state index in [0.29, 0.717) is 5.15 Å². The summed E-state index contributed by atoms with van der Waals surface area (Å²) in [6.45, 7) is 12.3. The lowest BCUT2D eigenvalue weighted by Gasteiger charge is -2.16. The Bertz CT molecular complexity index is 818. The van der Waals surface area contributed by atoms with E-state index in [4.69, 9.17) is 11.6 Å². The second-order valence-corrected chi connectivity index (χ2v) is 14.4. The van der Waals surface area contributed by atoms with Gasteiger partial charge in [-0.2, -0.15) is 0 Å². The Hall–Kier alpha value is -0.650. The van der Waals surface area contributed by atoms with Crippen molar-refractivity contribution >= 4 is 50.5 Å². The number of aromatic nitrogens is 4. The van der Waals surface area contributed by atoms with Crippen molar-refractivity contribution in [2.45, 2.75) is 59.8 Å². The van der Waals surface area contributed by atoms with Crippen molar-refractivity contribution in [2.75, 3.05) is 0 Å². The van der Waals surface area contributed by atoms with Crippen molar-refractivity contribution in [1.82, 2.24) is 19.9 Å². The molecule has 0 atom stereocenters. The average molecular weight is 492 g/mol. The van der Waals surface area contributed by atoms with Crippen molar-refractivity contribution in [1.29, 1.82) is 0 Å². The lowest BCUT2D eigenvalue weighted by Crippen LogP contribution is -2.18. The van der Waals surface area contributed by atoms with E-state index in [2.05, 4.69) is 74.4 Å². The first-order valence-electron chi connectivity index (χ1n) is 7.72. The first-order chi connectivity index (χ1) is 12.0. The third-order valence-electron chi connectivity index (χ3n) is 2.85. The monoisotopic (exact) mass is 490 g/mol. The smallest absolute Gasteiger partial charge is 0.313 e. The number of hydrogen-bond acceptors (Lipinski definition) is 5. The summed E-state index contributed by atoms with van der Waals surface area (Å²) in [6, 6.07) is 3.32. The molecule has 160 valence electrons. The highest BCUT2D eigenvalue weighted by molar-refractivity contribution is 8.24. The molecule has 2 rings (SSSR count). The van der Waals surface area contributed by atoms with Crippen LogP contribution in [0.5, 0.6) is 0 Å². The maximum absolute atomic E-state index is 10.8. The molecule has 0 saturated heterocycles. The van der Waals surface area contributed by atoms with Crippen LogP contribution in [0.25, 0.3) is 0 Å². The minimum atomic E-state index is -3.22. The molecule has 2 aromatic heterocycles. The van der Waals surface area contributed by atoms with Gasteiger partial charge in [-0.3, -0.25) is 9.36 Å². The summed E-state index contributed by atoms with van der Waals surface area (Å²) in [5.74, 6) is 0. The number of rotatable bonds is 0. The van der Waals surface area contributed by atoms with Crippen molar-refractivity contribution in [3.8, 4) is 0 Å². The summed E-state index contributed by atoms with van der Waals surface area (Å²) in [6.07, 6.45) is 2.92. The summed E-state index contributed by atoms with van der Waals surface area (Å²) in [5.41, 5.74) is 1.70. The minimum Gasteiger partial charge on any atom is -0.313 e. The number of nitrogens with zero attached hydrogens (tertiary/aromatic N) is 3. The maximum Gasteiger partial charge on any atom is 0.339 e. The Kier molecular flexibility index (Phi) is 12.8. The van der Waals surface area contributed by atoms with Crippen LogP contribution in [0.2, 0.25) is 5.15 Å². The van der Waals surface area contributed by atoms with E-state index in [1.165, 1.54) is 18.7 Å². The van der Waals surface area contributed by atoms with Crippen LogP contribution in [0.4, 0.5) is 0 Å². The van der Waals surface area contributed by atoms with Gasteiger partial charge in [0, 0.05) is 16.9 Å². The van der Waals surface area contributed by atoms with E-state index in [-0.39, 0.29) is 23.8 Å². The number of hydrogen-bond donors (Lipinski definition) is 1. The Morgan fingerprint density at radius 2 is 1.32 bits per heavy atom. The largest absolute Gasteiger partial charge is 0.339 e. The first-order valence-corrected chi connectivity index (χ1v) is 12.5. The molecule has 11 heteroatoms. The third-order valence-corrected chi connectivity index (χ3v) is 3.06. The van der Waals surface area contributed by atoms with Gasteiger partial charge in [0.1, 0.15) is 11.5 Å². The molecule has 0 bridgehead atoms. The van der Waals surface area contributed by atoms with Crippen molar-refractivity contribution in [2.24, 2.45) is 0 Å². The Balaban J connectivity index is 0. The average Bonchev–Trinajstić information content (AvgIpc) is 2.44. The number of halogens is 4. The molecule has 28 heavy (non-hydrogen) atoms. The fourth-order valence-electron chi connectivity index (χ4n) is 1.52. The van der Waals surface area contributed by atoms with Crippen LogP contribution in [-0.4, -0.2) is 19.9 Å². The van der Waals surface area contributed by atoms with Gasteiger partial charge in [-0.1, -0.05) is 60.6 Å². The van der Waals surface area contributed by atoms with Gasteiger partial charge in [-0.05, 0) is 39.8 Å². The highest BCUT2D eigenvalue weighted by atomic mass is 36.0. The normalized spacial score (nSPS) is 11.2. The lowest BCUT2D eigenvalue weighted by atomic mass is 9.92. The summed E-state index contributed by atoms with van der Waals surface area (Å²) >= 11 is 19.5. The van der Waals surface area contributed by atoms with E-state index < -0.39 is 5.20 Å². The second kappa shape index (κ2) is 12.1. The van der Waals surface area contributed by atoms with E-state index in [1.54, 1.807) is 6.07 Å². The molecule has 6 nitrogen and oxygen atoms in total. The van der Waals surface area contributed by atoms with Gasteiger partial charge >= 0.3 is 5.20 Å². The van der Waals surface area contributed by atoms with E-state index in [0.717, 1.165) is 11.4 Å². The highest BCUT2D eigenvalue weighted by Crippen LogP contribution is 2.61. The van der Waals surface area contributed by atoms with Crippen molar-refractivity contribution < 1.29 is 4.57 Å². The highest BCUT2D eigenvalue weighted by Gasteiger charge is 2.15. The third kappa shape index (κ3) is 15.3. The van der Waals surface area contributed by atoms with E-state index in [9.17, 15) is 9.36 Å². The second-order valence-electron chi connectivity index (χ2n) is 7.42. The minimum absolute atomic E-state index is 0. The van der Waals surface area contributed by atoms with Gasteiger partial charge in [0.15, 0.2) is 0 Å². The Morgan fingerprint density at radius 3 is 1.61 bits per heavy atom. The van der Waals surface area contributed by atoms with Gasteiger partial charge in [-0.25, -0.2) is 15.0 Å². The number of nitrogens with one attached hydrogen (secondary N) is 1. The Morgan fingerprint density at radius 1 is 0.893 bits per heavy atom. The van der Waals surface area contributed by atoms with Gasteiger partial charge in [-0.15, -0.1) is 0 Å². The zero-order valence-electron chi connectivity index (χ0n) is 15.9. The maximum atomic E-state index is 10.8. The molecular weight excluding hydrogens is 465 g/mol. The van der Waals surface area contributed by atoms with Gasteiger partial charge in [0.2, 0.25) is 0 Å². The van der Waals surface area contributed by atoms with E-state index in [1.807, 2.05) is 20.8 Å². The van der Waals surface area contributed by atoms with Gasteiger partial charge in [0.25, 0.3) is 5.56 Å². The molecular formula is C17H27Cl4N4O2P. The fourth-order valence-corrected chi connectivity index (χ4v) is 1.67. The SMILES string of the molecule is C.CC(C)(C)c1cc(=O)[nH]cn1.CC(C)(C)c1cc(Cl)ncn1.O=P(Cl)(Cl)Cl. The van der Waals surface area contributed by atoms with Crippen LogP contribution < -0.4 is 5.56 Å². The standard InChI is InChI=1S/C8H11ClN2.C8H12N2O.CH4.Cl3OP/c1-8(2,3)6-4-7(9)11-5-10-6;1-8(2,3)6-4-7(11)10-5-9-6;;1-5(2,3)4/h4-5H,1-3H3;4-5H,1-3H3,(H,9,10,11);1H4;. The predicted octanol–water partition coefficient (Wildman–Crippen LogP) is 6.94. The fraction of sp³-hybridized carbons (Fsp3) is 0.529. The predicted molar refractivity (Wildman–Crippen MR) is 121 cm³/mol. The zero-order chi connectivity index (χ0) is 21.5. The van der Waals surface area contributed by atoms with Crippen LogP contribution in [-0.2, 0) is 15.4 Å². The summed E-state index contributed by atoms with van der Waals surface area (Å²) in [7, 11) is 0. The van der Waals surface area contributed by atoms with Crippen LogP contribution in [0.15, 0.2) is 29.6 Å². The van der Waals surface area contributed by atoms with Crippen LogP contribution in [0.1, 0.15) is 60.4 Å². The molecule has 2 aromatic rings. The summed E-state index contributed by atoms with van der Waals surface area (Å²) < 4.78 is 9.51. The quantitative estimate of drug-likeness (QED) is 0.318. The Labute approximate surface area is 186 Å². The van der Waals surface area contributed by atoms with Crippen LogP contribution in [0.3, 0.4) is 0 Å². The molecule has 0 unspecified atom stereocenters. The molecule has 0 aliphatic carbocycles. The first kappa shape index (κ1) is 29.6. The van der Waals surface area contributed by atoms with Gasteiger partial charge < -0.3 is 4.98 Å². The van der Waals surface area contributed by atoms with E-state index >= 15 is 0 Å². The van der Waals surface area contributed by atoms with Crippen molar-refractivity contribution in [3.05, 3.63) is 51.7 Å². The molecule has 0 spiro atoms. The number of aromatic amines is 1. The lowest BCUT2D eigenvalue weighted by molar-refractivity contribution is 0.565. The van der Waals surface area contributed by atoms with Crippen molar-refractivity contribution in [3.63, 3.8) is 0 Å². The topological polar surface area (TPSA) is 88.6 Å².